The van der Waals surface area contributed by atoms with Gasteiger partial charge >= 0.3 is 0 Å². The predicted molar refractivity (Wildman–Crippen MR) is 58.6 cm³/mol. The maximum Gasteiger partial charge on any atom is 0.237 e. The molecule has 1 aromatic rings. The van der Waals surface area contributed by atoms with Crippen LogP contribution in [0.25, 0.3) is 0 Å². The van der Waals surface area contributed by atoms with Gasteiger partial charge in [0.15, 0.2) is 0 Å². The summed E-state index contributed by atoms with van der Waals surface area (Å²) < 4.78 is 0. The molecule has 1 aliphatic heterocycles. The molecule has 0 aromatic carbocycles. The Morgan fingerprint density at radius 3 is 2.62 bits per heavy atom. The standard InChI is InChI=1S/C12H14N2O2/c1-2-12(9-4-7-13-8-5-9)6-3-10(15)14-11(12)16/h4-5,7-8H,2-3,6H2,1H3,(H,14,15,16)/t12-/m1/s1. The van der Waals surface area contributed by atoms with Crippen LogP contribution >= 0.6 is 0 Å². The van der Waals surface area contributed by atoms with Gasteiger partial charge in [0.25, 0.3) is 0 Å². The van der Waals surface area contributed by atoms with Crippen LogP contribution in [0.1, 0.15) is 31.7 Å². The number of nitrogens with zero attached hydrogens (tertiary/aromatic N) is 1. The molecule has 1 saturated heterocycles. The van der Waals surface area contributed by atoms with Crippen molar-refractivity contribution >= 4 is 11.8 Å². The molecule has 1 atom stereocenters. The van der Waals surface area contributed by atoms with Gasteiger partial charge in [-0.2, -0.15) is 0 Å². The van der Waals surface area contributed by atoms with Gasteiger partial charge in [-0.15, -0.1) is 0 Å². The predicted octanol–water partition coefficient (Wildman–Crippen LogP) is 1.17. The third-order valence-electron chi connectivity index (χ3n) is 3.30. The zero-order valence-corrected chi connectivity index (χ0v) is 9.19. The molecule has 2 rings (SSSR count). The van der Waals surface area contributed by atoms with E-state index in [1.54, 1.807) is 12.4 Å². The van der Waals surface area contributed by atoms with Crippen LogP contribution in [0.2, 0.25) is 0 Å². The van der Waals surface area contributed by atoms with Crippen LogP contribution in [0.15, 0.2) is 24.5 Å². The lowest BCUT2D eigenvalue weighted by Crippen LogP contribution is -2.51. The molecule has 1 fully saturated rings. The number of pyridine rings is 1. The topological polar surface area (TPSA) is 59.1 Å². The van der Waals surface area contributed by atoms with Gasteiger partial charge in [-0.05, 0) is 30.5 Å². The quantitative estimate of drug-likeness (QED) is 0.758. The SMILES string of the molecule is CC[C@]1(c2ccncc2)CCC(=O)NC1=O. The fourth-order valence-corrected chi connectivity index (χ4v) is 2.24. The Labute approximate surface area is 94.1 Å². The van der Waals surface area contributed by atoms with Crippen molar-refractivity contribution in [1.29, 1.82) is 0 Å². The maximum absolute atomic E-state index is 12.0. The average Bonchev–Trinajstić information content (AvgIpc) is 2.31. The summed E-state index contributed by atoms with van der Waals surface area (Å²) in [5.74, 6) is -0.361. The number of nitrogens with one attached hydrogen (secondary N) is 1. The molecule has 84 valence electrons. The second-order valence-corrected chi connectivity index (χ2v) is 4.05. The van der Waals surface area contributed by atoms with Crippen molar-refractivity contribution in [3.63, 3.8) is 0 Å². The monoisotopic (exact) mass is 218 g/mol. The molecular weight excluding hydrogens is 204 g/mol. The third kappa shape index (κ3) is 1.60. The highest BCUT2D eigenvalue weighted by Crippen LogP contribution is 2.35. The second-order valence-electron chi connectivity index (χ2n) is 4.05. The van der Waals surface area contributed by atoms with E-state index in [2.05, 4.69) is 10.3 Å². The molecule has 4 heteroatoms. The number of carbonyl (C=O) groups is 2. The first-order chi connectivity index (χ1) is 7.69. The Morgan fingerprint density at radius 2 is 2.06 bits per heavy atom. The van der Waals surface area contributed by atoms with Gasteiger partial charge in [0.1, 0.15) is 0 Å². The minimum Gasteiger partial charge on any atom is -0.296 e. The van der Waals surface area contributed by atoms with Crippen molar-refractivity contribution < 1.29 is 9.59 Å². The van der Waals surface area contributed by atoms with E-state index in [1.165, 1.54) is 0 Å². The Kier molecular flexibility index (Phi) is 2.73. The summed E-state index contributed by atoms with van der Waals surface area (Å²) in [6, 6.07) is 3.69. The summed E-state index contributed by atoms with van der Waals surface area (Å²) in [7, 11) is 0. The molecular formula is C12H14N2O2. The summed E-state index contributed by atoms with van der Waals surface area (Å²) >= 11 is 0. The Bertz CT molecular complexity index is 416. The smallest absolute Gasteiger partial charge is 0.237 e. The van der Waals surface area contributed by atoms with Crippen molar-refractivity contribution in [1.82, 2.24) is 10.3 Å². The van der Waals surface area contributed by atoms with E-state index in [4.69, 9.17) is 0 Å². The number of piperidine rings is 1. The fourth-order valence-electron chi connectivity index (χ4n) is 2.24. The van der Waals surface area contributed by atoms with Crippen LogP contribution in [-0.4, -0.2) is 16.8 Å². The highest BCUT2D eigenvalue weighted by atomic mass is 16.2. The second kappa shape index (κ2) is 4.04. The number of imide groups is 1. The van der Waals surface area contributed by atoms with Crippen molar-refractivity contribution in [3.05, 3.63) is 30.1 Å². The molecule has 1 N–H and O–H groups in total. The highest BCUT2D eigenvalue weighted by Gasteiger charge is 2.42. The van der Waals surface area contributed by atoms with E-state index in [9.17, 15) is 9.59 Å². The summed E-state index contributed by atoms with van der Waals surface area (Å²) in [5.41, 5.74) is 0.381. The minimum absolute atomic E-state index is 0.178. The van der Waals surface area contributed by atoms with Crippen molar-refractivity contribution in [3.8, 4) is 0 Å². The first-order valence-electron chi connectivity index (χ1n) is 5.44. The van der Waals surface area contributed by atoms with Gasteiger partial charge < -0.3 is 0 Å². The number of rotatable bonds is 2. The van der Waals surface area contributed by atoms with Gasteiger partial charge in [-0.25, -0.2) is 0 Å². The Hall–Kier alpha value is -1.71. The lowest BCUT2D eigenvalue weighted by molar-refractivity contribution is -0.138. The zero-order chi connectivity index (χ0) is 11.6. The highest BCUT2D eigenvalue weighted by molar-refractivity contribution is 6.03. The number of hydrogen-bond acceptors (Lipinski definition) is 3. The maximum atomic E-state index is 12.0. The number of carbonyl (C=O) groups excluding carboxylic acids is 2. The lowest BCUT2D eigenvalue weighted by Gasteiger charge is -2.34. The zero-order valence-electron chi connectivity index (χ0n) is 9.19. The normalized spacial score (nSPS) is 25.3. The molecule has 1 aliphatic rings. The Morgan fingerprint density at radius 1 is 1.38 bits per heavy atom. The van der Waals surface area contributed by atoms with Crippen molar-refractivity contribution in [2.75, 3.05) is 0 Å². The molecule has 0 aliphatic carbocycles. The van der Waals surface area contributed by atoms with Crippen molar-refractivity contribution in [2.45, 2.75) is 31.6 Å². The van der Waals surface area contributed by atoms with Crippen LogP contribution in [-0.2, 0) is 15.0 Å². The lowest BCUT2D eigenvalue weighted by atomic mass is 9.72. The largest absolute Gasteiger partial charge is 0.296 e. The molecule has 2 amide bonds. The molecule has 0 unspecified atom stereocenters. The van der Waals surface area contributed by atoms with E-state index >= 15 is 0 Å². The van der Waals surface area contributed by atoms with Gasteiger partial charge in [-0.3, -0.25) is 19.9 Å². The van der Waals surface area contributed by atoms with Crippen LogP contribution in [0.3, 0.4) is 0 Å². The van der Waals surface area contributed by atoms with Gasteiger partial charge in [0, 0.05) is 18.8 Å². The third-order valence-corrected chi connectivity index (χ3v) is 3.30. The summed E-state index contributed by atoms with van der Waals surface area (Å²) in [5, 5.41) is 2.42. The van der Waals surface area contributed by atoms with Gasteiger partial charge in [0.2, 0.25) is 11.8 Å². The van der Waals surface area contributed by atoms with E-state index in [-0.39, 0.29) is 11.8 Å². The number of hydrogen-bond donors (Lipinski definition) is 1. The van der Waals surface area contributed by atoms with Crippen LogP contribution in [0, 0.1) is 0 Å². The van der Waals surface area contributed by atoms with E-state index < -0.39 is 5.41 Å². The molecule has 4 nitrogen and oxygen atoms in total. The van der Waals surface area contributed by atoms with Crippen LogP contribution < -0.4 is 5.32 Å². The van der Waals surface area contributed by atoms with E-state index in [1.807, 2.05) is 19.1 Å². The van der Waals surface area contributed by atoms with Gasteiger partial charge in [-0.1, -0.05) is 6.92 Å². The molecule has 1 aromatic heterocycles. The molecule has 0 spiro atoms. The van der Waals surface area contributed by atoms with Crippen LogP contribution in [0.4, 0.5) is 0 Å². The number of aromatic nitrogens is 1. The molecule has 0 saturated carbocycles. The summed E-state index contributed by atoms with van der Waals surface area (Å²) in [6.07, 6.45) is 5.03. The molecule has 0 radical (unpaired) electrons. The summed E-state index contributed by atoms with van der Waals surface area (Å²) in [6.45, 7) is 1.97. The summed E-state index contributed by atoms with van der Waals surface area (Å²) in [4.78, 5) is 27.1. The van der Waals surface area contributed by atoms with Crippen LogP contribution in [0.5, 0.6) is 0 Å². The molecule has 0 bridgehead atoms. The first-order valence-corrected chi connectivity index (χ1v) is 5.44. The van der Waals surface area contributed by atoms with E-state index in [0.29, 0.717) is 19.3 Å². The fraction of sp³-hybridized carbons (Fsp3) is 0.417. The Balaban J connectivity index is 2.40. The number of amides is 2. The minimum atomic E-state index is -0.559. The molecule has 2 heterocycles. The first kappa shape index (κ1) is 10.8. The van der Waals surface area contributed by atoms with Gasteiger partial charge in [0.05, 0.1) is 5.41 Å². The average molecular weight is 218 g/mol. The molecule has 16 heavy (non-hydrogen) atoms. The van der Waals surface area contributed by atoms with E-state index in [0.717, 1.165) is 5.56 Å². The van der Waals surface area contributed by atoms with Crippen molar-refractivity contribution in [2.24, 2.45) is 0 Å².